The van der Waals surface area contributed by atoms with Gasteiger partial charge in [0.1, 0.15) is 5.65 Å². The molecule has 23 heavy (non-hydrogen) atoms. The first-order valence-electron chi connectivity index (χ1n) is 8.26. The van der Waals surface area contributed by atoms with E-state index < -0.39 is 0 Å². The number of aryl methyl sites for hydroxylation is 1. The number of nitrogen functional groups attached to an aromatic ring is 1. The van der Waals surface area contributed by atoms with Crippen molar-refractivity contribution < 1.29 is 0 Å². The van der Waals surface area contributed by atoms with Gasteiger partial charge in [0.2, 0.25) is 0 Å². The fourth-order valence-corrected chi connectivity index (χ4v) is 3.38. The van der Waals surface area contributed by atoms with E-state index in [-0.39, 0.29) is 0 Å². The molecule has 3 aromatic rings. The van der Waals surface area contributed by atoms with E-state index in [0.29, 0.717) is 0 Å². The second kappa shape index (κ2) is 5.70. The van der Waals surface area contributed by atoms with E-state index in [1.807, 2.05) is 12.1 Å². The fraction of sp³-hybridized carbons (Fsp3) is 0.316. The molecule has 0 unspecified atom stereocenters. The number of fused-ring (bicyclic) bond motifs is 1. The highest BCUT2D eigenvalue weighted by Crippen LogP contribution is 2.27. The third kappa shape index (κ3) is 2.70. The number of likely N-dealkylation sites (tertiary alicyclic amines) is 1. The van der Waals surface area contributed by atoms with Crippen molar-refractivity contribution in [2.75, 3.05) is 18.8 Å². The van der Waals surface area contributed by atoms with Crippen LogP contribution in [0.4, 0.5) is 5.69 Å². The number of nitrogens with zero attached hydrogens (tertiary/aromatic N) is 3. The van der Waals surface area contributed by atoms with Gasteiger partial charge >= 0.3 is 0 Å². The van der Waals surface area contributed by atoms with Crippen molar-refractivity contribution in [2.45, 2.75) is 26.3 Å². The predicted octanol–water partition coefficient (Wildman–Crippen LogP) is 3.49. The van der Waals surface area contributed by atoms with Gasteiger partial charge in [-0.15, -0.1) is 0 Å². The maximum absolute atomic E-state index is 5.84. The third-order valence-corrected chi connectivity index (χ3v) is 4.62. The van der Waals surface area contributed by atoms with Crippen molar-refractivity contribution in [2.24, 2.45) is 0 Å². The van der Waals surface area contributed by atoms with E-state index in [0.717, 1.165) is 29.1 Å². The molecule has 0 amide bonds. The molecule has 3 heterocycles. The van der Waals surface area contributed by atoms with Crippen molar-refractivity contribution in [1.29, 1.82) is 0 Å². The first kappa shape index (κ1) is 14.3. The van der Waals surface area contributed by atoms with Crippen LogP contribution in [0, 0.1) is 6.92 Å². The molecule has 0 aliphatic carbocycles. The summed E-state index contributed by atoms with van der Waals surface area (Å²) in [6.45, 7) is 5.44. The summed E-state index contributed by atoms with van der Waals surface area (Å²) < 4.78 is 2.25. The van der Waals surface area contributed by atoms with Gasteiger partial charge in [0.15, 0.2) is 0 Å². The average Bonchev–Trinajstić information content (AvgIpc) is 3.17. The summed E-state index contributed by atoms with van der Waals surface area (Å²) in [5.74, 6) is 0. The Balaban J connectivity index is 1.85. The van der Waals surface area contributed by atoms with Crippen LogP contribution in [0.2, 0.25) is 0 Å². The minimum Gasteiger partial charge on any atom is -0.399 e. The predicted molar refractivity (Wildman–Crippen MR) is 94.3 cm³/mol. The van der Waals surface area contributed by atoms with Crippen LogP contribution in [0.5, 0.6) is 0 Å². The number of aromatic nitrogens is 2. The first-order chi connectivity index (χ1) is 11.2. The molecule has 118 valence electrons. The molecule has 4 rings (SSSR count). The second-order valence-corrected chi connectivity index (χ2v) is 6.45. The van der Waals surface area contributed by atoms with Crippen LogP contribution in [-0.4, -0.2) is 27.4 Å². The van der Waals surface area contributed by atoms with Gasteiger partial charge < -0.3 is 10.1 Å². The number of imidazole rings is 1. The number of hydrogen-bond donors (Lipinski definition) is 1. The molecule has 1 saturated heterocycles. The molecule has 1 aliphatic heterocycles. The maximum Gasteiger partial charge on any atom is 0.137 e. The largest absolute Gasteiger partial charge is 0.399 e. The molecule has 4 heteroatoms. The topological polar surface area (TPSA) is 46.6 Å². The van der Waals surface area contributed by atoms with Gasteiger partial charge in [0.25, 0.3) is 0 Å². The van der Waals surface area contributed by atoms with Crippen LogP contribution < -0.4 is 5.73 Å². The molecule has 2 N–H and O–H groups in total. The molecule has 0 bridgehead atoms. The van der Waals surface area contributed by atoms with Crippen LogP contribution in [0.3, 0.4) is 0 Å². The molecular weight excluding hydrogens is 284 g/mol. The lowest BCUT2D eigenvalue weighted by Gasteiger charge is -2.15. The van der Waals surface area contributed by atoms with E-state index in [2.05, 4.69) is 46.7 Å². The number of benzene rings is 1. The van der Waals surface area contributed by atoms with Gasteiger partial charge in [0.05, 0.1) is 11.4 Å². The monoisotopic (exact) mass is 306 g/mol. The average molecular weight is 306 g/mol. The number of pyridine rings is 1. The van der Waals surface area contributed by atoms with Gasteiger partial charge in [-0.3, -0.25) is 4.90 Å². The van der Waals surface area contributed by atoms with Crippen LogP contribution in [0.25, 0.3) is 16.9 Å². The molecule has 0 spiro atoms. The quantitative estimate of drug-likeness (QED) is 0.754. The Kier molecular flexibility index (Phi) is 3.54. The Hall–Kier alpha value is -2.33. The molecule has 4 nitrogen and oxygen atoms in total. The first-order valence-corrected chi connectivity index (χ1v) is 8.26. The Bertz CT molecular complexity index is 826. The summed E-state index contributed by atoms with van der Waals surface area (Å²) in [7, 11) is 0. The minimum absolute atomic E-state index is 0.787. The van der Waals surface area contributed by atoms with Crippen LogP contribution >= 0.6 is 0 Å². The van der Waals surface area contributed by atoms with Crippen molar-refractivity contribution in [3.8, 4) is 11.3 Å². The lowest BCUT2D eigenvalue weighted by molar-refractivity contribution is 0.327. The van der Waals surface area contributed by atoms with Gasteiger partial charge in [0, 0.05) is 24.0 Å². The Morgan fingerprint density at radius 3 is 2.52 bits per heavy atom. The summed E-state index contributed by atoms with van der Waals surface area (Å²) >= 11 is 0. The molecule has 0 radical (unpaired) electrons. The number of anilines is 1. The molecule has 2 aromatic heterocycles. The maximum atomic E-state index is 5.84. The normalized spacial score (nSPS) is 15.5. The van der Waals surface area contributed by atoms with Crippen LogP contribution in [0.15, 0.2) is 42.6 Å². The van der Waals surface area contributed by atoms with Gasteiger partial charge in [-0.2, -0.15) is 0 Å². The summed E-state index contributed by atoms with van der Waals surface area (Å²) in [5, 5.41) is 0. The standard InChI is InChI=1S/C19H22N4/c1-14-4-9-18-21-19(15-5-7-16(20)8-6-15)17(23(18)12-14)13-22-10-2-3-11-22/h4-9,12H,2-3,10-11,13,20H2,1H3. The molecule has 0 atom stereocenters. The van der Waals surface area contributed by atoms with Gasteiger partial charge in [-0.25, -0.2) is 4.98 Å². The summed E-state index contributed by atoms with van der Waals surface area (Å²) in [6, 6.07) is 12.3. The zero-order valence-electron chi connectivity index (χ0n) is 13.5. The van der Waals surface area contributed by atoms with E-state index in [1.165, 1.54) is 37.2 Å². The fourth-order valence-electron chi connectivity index (χ4n) is 3.38. The van der Waals surface area contributed by atoms with Crippen molar-refractivity contribution in [1.82, 2.24) is 14.3 Å². The van der Waals surface area contributed by atoms with E-state index in [1.54, 1.807) is 0 Å². The highest BCUT2D eigenvalue weighted by atomic mass is 15.2. The zero-order chi connectivity index (χ0) is 15.8. The van der Waals surface area contributed by atoms with Crippen LogP contribution in [0.1, 0.15) is 24.1 Å². The number of nitrogens with two attached hydrogens (primary N) is 1. The Labute approximate surface area is 136 Å². The zero-order valence-corrected chi connectivity index (χ0v) is 13.5. The number of hydrogen-bond acceptors (Lipinski definition) is 3. The minimum atomic E-state index is 0.787. The van der Waals surface area contributed by atoms with Crippen molar-refractivity contribution in [3.05, 3.63) is 53.9 Å². The second-order valence-electron chi connectivity index (χ2n) is 6.45. The third-order valence-electron chi connectivity index (χ3n) is 4.62. The smallest absolute Gasteiger partial charge is 0.137 e. The Morgan fingerprint density at radius 1 is 1.04 bits per heavy atom. The molecule has 1 aliphatic rings. The highest BCUT2D eigenvalue weighted by Gasteiger charge is 2.19. The number of rotatable bonds is 3. The van der Waals surface area contributed by atoms with E-state index in [9.17, 15) is 0 Å². The highest BCUT2D eigenvalue weighted by molar-refractivity contribution is 5.68. The lowest BCUT2D eigenvalue weighted by Crippen LogP contribution is -2.20. The van der Waals surface area contributed by atoms with Crippen molar-refractivity contribution in [3.63, 3.8) is 0 Å². The van der Waals surface area contributed by atoms with Gasteiger partial charge in [-0.1, -0.05) is 18.2 Å². The van der Waals surface area contributed by atoms with Crippen molar-refractivity contribution >= 4 is 11.3 Å². The van der Waals surface area contributed by atoms with E-state index >= 15 is 0 Å². The van der Waals surface area contributed by atoms with E-state index in [4.69, 9.17) is 10.7 Å². The molecule has 1 fully saturated rings. The SMILES string of the molecule is Cc1ccc2nc(-c3ccc(N)cc3)c(CN3CCCC3)n2c1. The molecule has 0 saturated carbocycles. The molecular formula is C19H22N4. The Morgan fingerprint density at radius 2 is 1.78 bits per heavy atom. The van der Waals surface area contributed by atoms with Gasteiger partial charge in [-0.05, 0) is 56.6 Å². The summed E-state index contributed by atoms with van der Waals surface area (Å²) in [4.78, 5) is 7.41. The summed E-state index contributed by atoms with van der Waals surface area (Å²) in [5.41, 5.74) is 12.4. The summed E-state index contributed by atoms with van der Waals surface area (Å²) in [6.07, 6.45) is 4.79. The van der Waals surface area contributed by atoms with Crippen LogP contribution in [-0.2, 0) is 6.54 Å². The molecule has 1 aromatic carbocycles. The lowest BCUT2D eigenvalue weighted by atomic mass is 10.1.